The van der Waals surface area contributed by atoms with E-state index >= 15 is 0 Å². The van der Waals surface area contributed by atoms with Gasteiger partial charge in [0.15, 0.2) is 0 Å². The van der Waals surface area contributed by atoms with E-state index in [9.17, 15) is 4.79 Å². The first-order valence-electron chi connectivity index (χ1n) is 7.54. The maximum Gasteiger partial charge on any atom is 0.233 e. The van der Waals surface area contributed by atoms with Crippen LogP contribution < -0.4 is 16.0 Å². The molecule has 0 radical (unpaired) electrons. The Hall–Kier alpha value is -0.610. The second kappa shape index (κ2) is 7.10. The molecule has 3 unspecified atom stereocenters. The van der Waals surface area contributed by atoms with E-state index in [-0.39, 0.29) is 5.91 Å². The average Bonchev–Trinajstić information content (AvgIpc) is 2.86. The minimum atomic E-state index is 0.125. The van der Waals surface area contributed by atoms with E-state index in [1.54, 1.807) is 0 Å². The van der Waals surface area contributed by atoms with E-state index in [2.05, 4.69) is 16.0 Å². The first-order chi connectivity index (χ1) is 8.81. The monoisotopic (exact) mass is 253 g/mol. The number of piperidine rings is 1. The molecule has 2 aliphatic rings. The molecule has 0 aromatic carbocycles. The molecule has 2 fully saturated rings. The fourth-order valence-corrected chi connectivity index (χ4v) is 3.45. The lowest BCUT2D eigenvalue weighted by Crippen LogP contribution is -2.48. The summed E-state index contributed by atoms with van der Waals surface area (Å²) in [6.45, 7) is 4.33. The molecule has 18 heavy (non-hydrogen) atoms. The Morgan fingerprint density at radius 2 is 2.11 bits per heavy atom. The average molecular weight is 253 g/mol. The van der Waals surface area contributed by atoms with E-state index in [4.69, 9.17) is 0 Å². The SMILES string of the molecule is CCNC(=O)CNC1CCCC1C1CCCCN1. The highest BCUT2D eigenvalue weighted by Crippen LogP contribution is 2.31. The second-order valence-corrected chi connectivity index (χ2v) is 5.59. The number of nitrogens with one attached hydrogen (secondary N) is 3. The molecule has 1 aliphatic carbocycles. The molecule has 3 N–H and O–H groups in total. The van der Waals surface area contributed by atoms with Gasteiger partial charge in [0.25, 0.3) is 0 Å². The molecule has 104 valence electrons. The highest BCUT2D eigenvalue weighted by atomic mass is 16.1. The number of carbonyl (C=O) groups excluding carboxylic acids is 1. The van der Waals surface area contributed by atoms with E-state index in [0.717, 1.165) is 12.5 Å². The number of hydrogen-bond acceptors (Lipinski definition) is 3. The van der Waals surface area contributed by atoms with Crippen LogP contribution >= 0.6 is 0 Å². The third-order valence-electron chi connectivity index (χ3n) is 4.33. The summed E-state index contributed by atoms with van der Waals surface area (Å²) in [6, 6.07) is 1.20. The van der Waals surface area contributed by atoms with Crippen LogP contribution in [0.1, 0.15) is 45.4 Å². The quantitative estimate of drug-likeness (QED) is 0.686. The molecule has 1 heterocycles. The van der Waals surface area contributed by atoms with E-state index in [1.807, 2.05) is 6.92 Å². The van der Waals surface area contributed by atoms with Crippen molar-refractivity contribution in [2.24, 2.45) is 5.92 Å². The molecule has 0 bridgehead atoms. The van der Waals surface area contributed by atoms with Gasteiger partial charge in [0.05, 0.1) is 6.54 Å². The van der Waals surface area contributed by atoms with Gasteiger partial charge in [-0.25, -0.2) is 0 Å². The molecule has 4 heteroatoms. The number of hydrogen-bond donors (Lipinski definition) is 3. The van der Waals surface area contributed by atoms with Crippen molar-refractivity contribution in [1.29, 1.82) is 0 Å². The molecule has 3 atom stereocenters. The largest absolute Gasteiger partial charge is 0.355 e. The summed E-state index contributed by atoms with van der Waals surface area (Å²) in [7, 11) is 0. The smallest absolute Gasteiger partial charge is 0.233 e. The van der Waals surface area contributed by atoms with Crippen molar-refractivity contribution in [3.05, 3.63) is 0 Å². The zero-order valence-electron chi connectivity index (χ0n) is 11.5. The van der Waals surface area contributed by atoms with Crippen LogP contribution in [0.4, 0.5) is 0 Å². The lowest BCUT2D eigenvalue weighted by atomic mass is 9.88. The van der Waals surface area contributed by atoms with Gasteiger partial charge in [-0.15, -0.1) is 0 Å². The van der Waals surface area contributed by atoms with E-state index in [1.165, 1.54) is 45.1 Å². The van der Waals surface area contributed by atoms with Crippen molar-refractivity contribution < 1.29 is 4.79 Å². The van der Waals surface area contributed by atoms with Crippen molar-refractivity contribution in [1.82, 2.24) is 16.0 Å². The Morgan fingerprint density at radius 3 is 2.83 bits per heavy atom. The highest BCUT2D eigenvalue weighted by Gasteiger charge is 2.33. The zero-order chi connectivity index (χ0) is 12.8. The molecule has 2 rings (SSSR count). The molecule has 4 nitrogen and oxygen atoms in total. The molecular formula is C14H27N3O. The van der Waals surface area contributed by atoms with Gasteiger partial charge in [0.2, 0.25) is 5.91 Å². The van der Waals surface area contributed by atoms with Crippen LogP contribution in [-0.2, 0) is 4.79 Å². The van der Waals surface area contributed by atoms with Crippen molar-refractivity contribution in [3.8, 4) is 0 Å². The minimum Gasteiger partial charge on any atom is -0.355 e. The van der Waals surface area contributed by atoms with E-state index < -0.39 is 0 Å². The third kappa shape index (κ3) is 3.69. The molecule has 1 saturated heterocycles. The van der Waals surface area contributed by atoms with E-state index in [0.29, 0.717) is 18.6 Å². The summed E-state index contributed by atoms with van der Waals surface area (Å²) in [5, 5.41) is 9.97. The summed E-state index contributed by atoms with van der Waals surface area (Å²) < 4.78 is 0. The lowest BCUT2D eigenvalue weighted by Gasteiger charge is -2.33. The second-order valence-electron chi connectivity index (χ2n) is 5.59. The van der Waals surface area contributed by atoms with Crippen molar-refractivity contribution in [2.45, 2.75) is 57.5 Å². The summed E-state index contributed by atoms with van der Waals surface area (Å²) in [6.07, 6.45) is 7.82. The minimum absolute atomic E-state index is 0.125. The van der Waals surface area contributed by atoms with Crippen LogP contribution in [0, 0.1) is 5.92 Å². The van der Waals surface area contributed by atoms with Gasteiger partial charge in [-0.3, -0.25) is 4.79 Å². The maximum absolute atomic E-state index is 11.5. The lowest BCUT2D eigenvalue weighted by molar-refractivity contribution is -0.120. The van der Waals surface area contributed by atoms with Crippen LogP contribution in [-0.4, -0.2) is 37.6 Å². The summed E-state index contributed by atoms with van der Waals surface area (Å²) in [5.74, 6) is 0.847. The third-order valence-corrected chi connectivity index (χ3v) is 4.33. The Labute approximate surface area is 110 Å². The predicted molar refractivity (Wildman–Crippen MR) is 73.5 cm³/mol. The Balaban J connectivity index is 1.77. The fraction of sp³-hybridized carbons (Fsp3) is 0.929. The van der Waals surface area contributed by atoms with Gasteiger partial charge < -0.3 is 16.0 Å². The molecule has 1 saturated carbocycles. The van der Waals surface area contributed by atoms with Crippen molar-refractivity contribution >= 4 is 5.91 Å². The molecule has 1 aliphatic heterocycles. The van der Waals surface area contributed by atoms with Gasteiger partial charge in [-0.2, -0.15) is 0 Å². The van der Waals surface area contributed by atoms with Gasteiger partial charge in [-0.1, -0.05) is 12.8 Å². The van der Waals surface area contributed by atoms with Crippen LogP contribution in [0.3, 0.4) is 0 Å². The fourth-order valence-electron chi connectivity index (χ4n) is 3.45. The van der Waals surface area contributed by atoms with Gasteiger partial charge in [0.1, 0.15) is 0 Å². The number of rotatable bonds is 5. The topological polar surface area (TPSA) is 53.2 Å². The van der Waals surface area contributed by atoms with Gasteiger partial charge >= 0.3 is 0 Å². The Kier molecular flexibility index (Phi) is 5.45. The van der Waals surface area contributed by atoms with Gasteiger partial charge in [-0.05, 0) is 45.1 Å². The standard InChI is InChI=1S/C14H27N3O/c1-2-15-14(18)10-17-13-8-5-6-11(13)12-7-3-4-9-16-12/h11-13,16-17H,2-10H2,1H3,(H,15,18). The number of amides is 1. The predicted octanol–water partition coefficient (Wildman–Crippen LogP) is 1.02. The summed E-state index contributed by atoms with van der Waals surface area (Å²) in [5.41, 5.74) is 0. The summed E-state index contributed by atoms with van der Waals surface area (Å²) >= 11 is 0. The Morgan fingerprint density at radius 1 is 1.22 bits per heavy atom. The molecule has 1 amide bonds. The van der Waals surface area contributed by atoms with Crippen molar-refractivity contribution in [2.75, 3.05) is 19.6 Å². The first kappa shape index (κ1) is 13.8. The van der Waals surface area contributed by atoms with Crippen LogP contribution in [0.25, 0.3) is 0 Å². The summed E-state index contributed by atoms with van der Waals surface area (Å²) in [4.78, 5) is 11.5. The molecular weight excluding hydrogens is 226 g/mol. The molecule has 0 aromatic rings. The van der Waals surface area contributed by atoms with Crippen molar-refractivity contribution in [3.63, 3.8) is 0 Å². The number of likely N-dealkylation sites (N-methyl/N-ethyl adjacent to an activating group) is 1. The highest BCUT2D eigenvalue weighted by molar-refractivity contribution is 5.77. The zero-order valence-corrected chi connectivity index (χ0v) is 11.5. The normalized spacial score (nSPS) is 32.4. The Bertz CT molecular complexity index is 264. The van der Waals surface area contributed by atoms with Crippen LogP contribution in [0.5, 0.6) is 0 Å². The molecule has 0 aromatic heterocycles. The molecule has 0 spiro atoms. The maximum atomic E-state index is 11.5. The van der Waals surface area contributed by atoms with Gasteiger partial charge in [0, 0.05) is 18.6 Å². The first-order valence-corrected chi connectivity index (χ1v) is 7.54. The van der Waals surface area contributed by atoms with Crippen LogP contribution in [0.2, 0.25) is 0 Å². The number of carbonyl (C=O) groups is 1. The van der Waals surface area contributed by atoms with Crippen LogP contribution in [0.15, 0.2) is 0 Å².